The van der Waals surface area contributed by atoms with Gasteiger partial charge in [0, 0.05) is 0 Å². The Morgan fingerprint density at radius 2 is 1.29 bits per heavy atom. The number of carbonyl (C=O) groups is 3. The van der Waals surface area contributed by atoms with E-state index in [1.807, 2.05) is 0 Å². The van der Waals surface area contributed by atoms with Gasteiger partial charge >= 0.3 is 121 Å². The van der Waals surface area contributed by atoms with Crippen molar-refractivity contribution in [2.45, 2.75) is 25.6 Å². The van der Waals surface area contributed by atoms with Crippen LogP contribution in [-0.2, 0) is 14.4 Å². The van der Waals surface area contributed by atoms with Crippen molar-refractivity contribution in [2.75, 3.05) is 0 Å². The fourth-order valence-electron chi connectivity index (χ4n) is 0.253. The van der Waals surface area contributed by atoms with Crippen molar-refractivity contribution in [3.63, 3.8) is 0 Å². The van der Waals surface area contributed by atoms with Gasteiger partial charge in [-0.15, -0.1) is 0 Å². The molecule has 0 bridgehead atoms. The van der Waals surface area contributed by atoms with E-state index in [2.05, 4.69) is 0 Å². The Kier molecular flexibility index (Phi) is 24.9. The molecule has 0 saturated carbocycles. The van der Waals surface area contributed by atoms with Crippen LogP contribution in [0.25, 0.3) is 0 Å². The summed E-state index contributed by atoms with van der Waals surface area (Å²) in [5.74, 6) is -4.03. The van der Waals surface area contributed by atoms with Crippen LogP contribution in [0.15, 0.2) is 0 Å². The predicted molar refractivity (Wildman–Crippen MR) is 47.4 cm³/mol. The number of hydrogen-bond acceptors (Lipinski definition) is 5. The second-order valence-electron chi connectivity index (χ2n) is 2.47. The van der Waals surface area contributed by atoms with Crippen molar-refractivity contribution in [3.8, 4) is 0 Å². The molecule has 0 aromatic heterocycles. The molecule has 0 fully saturated rings. The van der Waals surface area contributed by atoms with E-state index < -0.39 is 36.5 Å². The second kappa shape index (κ2) is 15.7. The number of aliphatic hydroxyl groups excluding tert-OH is 2. The molecule has 2 atom stereocenters. The fourth-order valence-corrected chi connectivity index (χ4v) is 0.253. The molecular formula is C7H14K2O8. The molecular weight excluding hydrogens is 290 g/mol. The van der Waals surface area contributed by atoms with Gasteiger partial charge in [0.2, 0.25) is 0 Å². The van der Waals surface area contributed by atoms with Crippen LogP contribution in [0.3, 0.4) is 0 Å². The van der Waals surface area contributed by atoms with E-state index in [-0.39, 0.29) is 106 Å². The molecule has 92 valence electrons. The molecule has 0 aliphatic rings. The van der Waals surface area contributed by atoms with E-state index in [1.54, 1.807) is 0 Å². The summed E-state index contributed by atoms with van der Waals surface area (Å²) in [6, 6.07) is 0. The maximum atomic E-state index is 9.72. The van der Waals surface area contributed by atoms with E-state index in [1.165, 1.54) is 6.92 Å². The molecule has 0 rings (SSSR count). The number of hydrogen-bond donors (Lipinski definition) is 5. The van der Waals surface area contributed by atoms with Crippen LogP contribution in [0, 0.1) is 0 Å². The quantitative estimate of drug-likeness (QED) is 0.321. The van der Waals surface area contributed by atoms with Gasteiger partial charge in [0.15, 0.2) is 6.10 Å². The third-order valence-corrected chi connectivity index (χ3v) is 1.01. The summed E-state index contributed by atoms with van der Waals surface area (Å²) < 4.78 is 0. The van der Waals surface area contributed by atoms with Crippen molar-refractivity contribution >= 4 is 17.9 Å². The van der Waals surface area contributed by atoms with Crippen LogP contribution >= 0.6 is 0 Å². The van der Waals surface area contributed by atoms with Crippen molar-refractivity contribution in [3.05, 3.63) is 0 Å². The first-order chi connectivity index (χ1) is 6.68. The Morgan fingerprint density at radius 1 is 1.00 bits per heavy atom. The van der Waals surface area contributed by atoms with Gasteiger partial charge < -0.3 is 28.4 Å². The minimum Gasteiger partial charge on any atom is -1.00 e. The van der Waals surface area contributed by atoms with Crippen LogP contribution in [0.2, 0.25) is 0 Å². The Balaban J connectivity index is -0.0000000385. The Bertz CT molecular complexity index is 251. The average molecular weight is 304 g/mol. The first-order valence-corrected chi connectivity index (χ1v) is 3.72. The zero-order valence-electron chi connectivity index (χ0n) is 11.8. The van der Waals surface area contributed by atoms with E-state index in [0.717, 1.165) is 0 Å². The van der Waals surface area contributed by atoms with Gasteiger partial charge in [-0.3, -0.25) is 4.79 Å². The van der Waals surface area contributed by atoms with Gasteiger partial charge in [-0.2, -0.15) is 0 Å². The van der Waals surface area contributed by atoms with E-state index in [9.17, 15) is 14.4 Å². The molecule has 10 heteroatoms. The fraction of sp³-hybridized carbons (Fsp3) is 0.571. The largest absolute Gasteiger partial charge is 1.00 e. The summed E-state index contributed by atoms with van der Waals surface area (Å²) in [4.78, 5) is 28.9. The Labute approximate surface area is 185 Å². The standard InChI is InChI=1S/C4H6O5.C3H6O3.2K.2H/c5-2(4(8)9)1-3(6)7;1-2(4)3(5)6;;;;/h2,5H,1H2,(H,6,7)(H,8,9);2,4H,1H3,(H,5,6);;;;/q;;2*+1;2*-1. The van der Waals surface area contributed by atoms with E-state index in [0.29, 0.717) is 0 Å². The molecule has 5 N–H and O–H groups in total. The average Bonchev–Trinajstić information content (AvgIpc) is 2.03. The molecule has 0 radical (unpaired) electrons. The third kappa shape index (κ3) is 23.2. The molecule has 0 aliphatic carbocycles. The van der Waals surface area contributed by atoms with Gasteiger partial charge in [0.05, 0.1) is 6.42 Å². The predicted octanol–water partition coefficient (Wildman–Crippen LogP) is -7.41. The van der Waals surface area contributed by atoms with Crippen LogP contribution in [0.4, 0.5) is 0 Å². The van der Waals surface area contributed by atoms with Gasteiger partial charge in [0.25, 0.3) is 0 Å². The Hall–Kier alpha value is 1.60. The maximum Gasteiger partial charge on any atom is 1.00 e. The van der Waals surface area contributed by atoms with E-state index >= 15 is 0 Å². The van der Waals surface area contributed by atoms with Crippen LogP contribution in [0.1, 0.15) is 16.2 Å². The molecule has 0 aromatic carbocycles. The zero-order valence-corrected chi connectivity index (χ0v) is 16.1. The molecule has 0 saturated heterocycles. The van der Waals surface area contributed by atoms with Crippen LogP contribution in [-0.4, -0.2) is 55.6 Å². The molecule has 0 heterocycles. The van der Waals surface area contributed by atoms with Crippen molar-refractivity contribution in [1.82, 2.24) is 0 Å². The third-order valence-electron chi connectivity index (χ3n) is 1.01. The first-order valence-electron chi connectivity index (χ1n) is 3.72. The van der Waals surface area contributed by atoms with Gasteiger partial charge in [-0.05, 0) is 6.92 Å². The SMILES string of the molecule is CC(O)C(=O)O.O=C(O)CC(O)C(=O)O.[H-].[H-].[K+].[K+]. The molecule has 0 aromatic rings. The molecule has 2 unspecified atom stereocenters. The topological polar surface area (TPSA) is 152 Å². The monoisotopic (exact) mass is 304 g/mol. The van der Waals surface area contributed by atoms with Crippen molar-refractivity contribution < 1.29 is 146 Å². The van der Waals surface area contributed by atoms with Gasteiger partial charge in [-0.25, -0.2) is 9.59 Å². The van der Waals surface area contributed by atoms with Crippen molar-refractivity contribution in [1.29, 1.82) is 0 Å². The molecule has 8 nitrogen and oxygen atoms in total. The number of rotatable bonds is 4. The van der Waals surface area contributed by atoms with Crippen LogP contribution in [0.5, 0.6) is 0 Å². The molecule has 17 heavy (non-hydrogen) atoms. The zero-order chi connectivity index (χ0) is 12.6. The smallest absolute Gasteiger partial charge is 1.00 e. The van der Waals surface area contributed by atoms with Gasteiger partial charge in [-0.1, -0.05) is 0 Å². The number of aliphatic carboxylic acids is 3. The summed E-state index contributed by atoms with van der Waals surface area (Å²) in [7, 11) is 0. The van der Waals surface area contributed by atoms with E-state index in [4.69, 9.17) is 25.5 Å². The summed E-state index contributed by atoms with van der Waals surface area (Å²) in [5.41, 5.74) is 0. The minimum absolute atomic E-state index is 0. The Morgan fingerprint density at radius 3 is 1.35 bits per heavy atom. The van der Waals surface area contributed by atoms with Crippen LogP contribution < -0.4 is 103 Å². The van der Waals surface area contributed by atoms with Gasteiger partial charge in [0.1, 0.15) is 6.10 Å². The summed E-state index contributed by atoms with van der Waals surface area (Å²) in [6.07, 6.45) is -3.78. The second-order valence-corrected chi connectivity index (χ2v) is 2.47. The number of aliphatic hydroxyl groups is 2. The molecule has 0 aliphatic heterocycles. The number of carboxylic acid groups (broad SMARTS) is 3. The summed E-state index contributed by atoms with van der Waals surface area (Å²) in [6.45, 7) is 1.20. The summed E-state index contributed by atoms with van der Waals surface area (Å²) >= 11 is 0. The van der Waals surface area contributed by atoms with Crippen molar-refractivity contribution in [2.24, 2.45) is 0 Å². The maximum absolute atomic E-state index is 9.72. The minimum atomic E-state index is -1.79. The molecule has 0 amide bonds. The normalized spacial score (nSPS) is 11.5. The first kappa shape index (κ1) is 27.0. The number of carboxylic acids is 3. The molecule has 0 spiro atoms. The summed E-state index contributed by atoms with van der Waals surface area (Å²) in [5, 5.41) is 39.9.